The van der Waals surface area contributed by atoms with Crippen molar-refractivity contribution < 1.29 is 18.7 Å². The molecule has 1 fully saturated rings. The molecule has 154 valence electrons. The summed E-state index contributed by atoms with van der Waals surface area (Å²) in [5.41, 5.74) is 2.20. The molecule has 1 aromatic heterocycles. The summed E-state index contributed by atoms with van der Waals surface area (Å²) in [7, 11) is 0. The Morgan fingerprint density at radius 3 is 2.33 bits per heavy atom. The van der Waals surface area contributed by atoms with Gasteiger partial charge in [-0.1, -0.05) is 18.2 Å². The molecule has 30 heavy (non-hydrogen) atoms. The highest BCUT2D eigenvalue weighted by atomic mass is 16.5. The van der Waals surface area contributed by atoms with E-state index in [9.17, 15) is 9.59 Å². The van der Waals surface area contributed by atoms with Crippen molar-refractivity contribution in [2.75, 3.05) is 31.1 Å². The Hall–Kier alpha value is -3.68. The van der Waals surface area contributed by atoms with Gasteiger partial charge >= 0.3 is 5.97 Å². The van der Waals surface area contributed by atoms with Crippen LogP contribution in [-0.2, 0) is 9.53 Å². The molecule has 4 rings (SSSR count). The van der Waals surface area contributed by atoms with E-state index in [2.05, 4.69) is 27.2 Å². The molecular weight excluding hydrogens is 384 g/mol. The van der Waals surface area contributed by atoms with Crippen LogP contribution in [0.5, 0.6) is 0 Å². The number of esters is 1. The van der Waals surface area contributed by atoms with E-state index >= 15 is 0 Å². The number of ether oxygens (including phenoxy) is 1. The van der Waals surface area contributed by atoms with Crippen LogP contribution in [0.15, 0.2) is 65.4 Å². The van der Waals surface area contributed by atoms with Crippen molar-refractivity contribution in [1.29, 1.82) is 0 Å². The average Bonchev–Trinajstić information content (AvgIpc) is 3.34. The van der Waals surface area contributed by atoms with Gasteiger partial charge in [0.2, 0.25) is 12.3 Å². The van der Waals surface area contributed by atoms with Gasteiger partial charge < -0.3 is 19.0 Å². The summed E-state index contributed by atoms with van der Waals surface area (Å²) in [4.78, 5) is 29.1. The Balaban J connectivity index is 1.30. The van der Waals surface area contributed by atoms with E-state index in [0.717, 1.165) is 18.8 Å². The minimum absolute atomic E-state index is 0.182. The maximum absolute atomic E-state index is 12.7. The van der Waals surface area contributed by atoms with Gasteiger partial charge in [0.05, 0.1) is 5.56 Å². The van der Waals surface area contributed by atoms with Crippen molar-refractivity contribution >= 4 is 17.6 Å². The van der Waals surface area contributed by atoms with E-state index in [-0.39, 0.29) is 5.91 Å². The summed E-state index contributed by atoms with van der Waals surface area (Å²) in [6.45, 7) is 4.28. The molecule has 0 aliphatic carbocycles. The van der Waals surface area contributed by atoms with Gasteiger partial charge in [0.1, 0.15) is 0 Å². The van der Waals surface area contributed by atoms with Gasteiger partial charge in [0.25, 0.3) is 5.91 Å². The molecule has 0 N–H and O–H groups in total. The van der Waals surface area contributed by atoms with Gasteiger partial charge in [-0.3, -0.25) is 4.79 Å². The largest absolute Gasteiger partial charge is 0.449 e. The molecule has 3 aromatic rings. The Morgan fingerprint density at radius 1 is 1.00 bits per heavy atom. The molecule has 0 unspecified atom stereocenters. The number of anilines is 1. The van der Waals surface area contributed by atoms with E-state index in [1.165, 1.54) is 6.39 Å². The van der Waals surface area contributed by atoms with Crippen LogP contribution in [0.25, 0.3) is 11.5 Å². The lowest BCUT2D eigenvalue weighted by atomic mass is 10.1. The van der Waals surface area contributed by atoms with Crippen LogP contribution >= 0.6 is 0 Å². The molecule has 0 saturated carbocycles. The molecule has 1 atom stereocenters. The smallest absolute Gasteiger partial charge is 0.338 e. The zero-order chi connectivity index (χ0) is 20.9. The van der Waals surface area contributed by atoms with Crippen molar-refractivity contribution in [3.8, 4) is 11.5 Å². The van der Waals surface area contributed by atoms with Gasteiger partial charge in [0, 0.05) is 37.4 Å². The first-order valence-corrected chi connectivity index (χ1v) is 9.78. The number of carbonyl (C=O) groups excluding carboxylic acids is 2. The Kier molecular flexibility index (Phi) is 5.74. The highest BCUT2D eigenvalue weighted by Crippen LogP contribution is 2.18. The fourth-order valence-electron chi connectivity index (χ4n) is 3.41. The van der Waals surface area contributed by atoms with Crippen molar-refractivity contribution in [3.05, 3.63) is 66.6 Å². The van der Waals surface area contributed by atoms with Crippen molar-refractivity contribution in [1.82, 2.24) is 15.1 Å². The number of carbonyl (C=O) groups is 2. The number of hydrogen-bond donors (Lipinski definition) is 0. The van der Waals surface area contributed by atoms with Gasteiger partial charge in [0.15, 0.2) is 6.10 Å². The molecule has 1 aliphatic rings. The maximum atomic E-state index is 12.7. The summed E-state index contributed by atoms with van der Waals surface area (Å²) < 4.78 is 10.5. The second-order valence-corrected chi connectivity index (χ2v) is 7.02. The molecular formula is C22H22N4O4. The predicted octanol–water partition coefficient (Wildman–Crippen LogP) is 2.63. The minimum atomic E-state index is -0.851. The molecule has 2 heterocycles. The zero-order valence-electron chi connectivity index (χ0n) is 16.6. The number of rotatable bonds is 5. The van der Waals surface area contributed by atoms with Crippen molar-refractivity contribution in [2.45, 2.75) is 13.0 Å². The summed E-state index contributed by atoms with van der Waals surface area (Å²) in [5, 5.41) is 7.45. The lowest BCUT2D eigenvalue weighted by Crippen LogP contribution is -2.51. The normalized spacial score (nSPS) is 15.0. The summed E-state index contributed by atoms with van der Waals surface area (Å²) >= 11 is 0. The third kappa shape index (κ3) is 4.32. The standard InChI is InChI=1S/C22H22N4O4/c1-16(21(27)26-13-11-25(12-14-26)19-5-3-2-4-6-19)30-22(28)18-9-7-17(8-10-18)20-24-23-15-29-20/h2-10,15-16H,11-14H2,1H3/t16-/m0/s1. The van der Waals surface area contributed by atoms with E-state index in [4.69, 9.17) is 9.15 Å². The molecule has 8 heteroatoms. The maximum Gasteiger partial charge on any atom is 0.338 e. The Morgan fingerprint density at radius 2 is 1.70 bits per heavy atom. The van der Waals surface area contributed by atoms with Crippen molar-refractivity contribution in [2.24, 2.45) is 0 Å². The van der Waals surface area contributed by atoms with Gasteiger partial charge in [-0.2, -0.15) is 0 Å². The first-order valence-electron chi connectivity index (χ1n) is 9.78. The highest BCUT2D eigenvalue weighted by molar-refractivity contribution is 5.92. The molecule has 2 aromatic carbocycles. The molecule has 8 nitrogen and oxygen atoms in total. The highest BCUT2D eigenvalue weighted by Gasteiger charge is 2.27. The van der Waals surface area contributed by atoms with Crippen LogP contribution in [0.3, 0.4) is 0 Å². The Labute approximate surface area is 174 Å². The second kappa shape index (κ2) is 8.77. The molecule has 1 aliphatic heterocycles. The van der Waals surface area contributed by atoms with Gasteiger partial charge in [-0.05, 0) is 43.3 Å². The number of aromatic nitrogens is 2. The first-order chi connectivity index (χ1) is 14.6. The predicted molar refractivity (Wildman–Crippen MR) is 110 cm³/mol. The topological polar surface area (TPSA) is 88.8 Å². The van der Waals surface area contributed by atoms with E-state index in [0.29, 0.717) is 30.1 Å². The lowest BCUT2D eigenvalue weighted by molar-refractivity contribution is -0.140. The average molecular weight is 406 g/mol. The van der Waals surface area contributed by atoms with E-state index < -0.39 is 12.1 Å². The first kappa shape index (κ1) is 19.6. The molecule has 0 bridgehead atoms. The number of hydrogen-bond acceptors (Lipinski definition) is 7. The molecule has 1 amide bonds. The van der Waals surface area contributed by atoms with Crippen molar-refractivity contribution in [3.63, 3.8) is 0 Å². The molecule has 1 saturated heterocycles. The zero-order valence-corrected chi connectivity index (χ0v) is 16.6. The number of nitrogens with zero attached hydrogens (tertiary/aromatic N) is 4. The second-order valence-electron chi connectivity index (χ2n) is 7.02. The monoisotopic (exact) mass is 406 g/mol. The van der Waals surface area contributed by atoms with Gasteiger partial charge in [-0.15, -0.1) is 10.2 Å². The number of amides is 1. The third-order valence-electron chi connectivity index (χ3n) is 5.07. The fraction of sp³-hybridized carbons (Fsp3) is 0.273. The van der Waals surface area contributed by atoms with E-state index in [1.807, 2.05) is 18.2 Å². The summed E-state index contributed by atoms with van der Waals surface area (Å²) in [6.07, 6.45) is 0.390. The number of para-hydroxylation sites is 1. The van der Waals surface area contributed by atoms with Crippen LogP contribution in [0.4, 0.5) is 5.69 Å². The third-order valence-corrected chi connectivity index (χ3v) is 5.07. The summed E-state index contributed by atoms with van der Waals surface area (Å²) in [5.74, 6) is -0.359. The van der Waals surface area contributed by atoms with Crippen LogP contribution in [0, 0.1) is 0 Å². The Bertz CT molecular complexity index is 982. The number of piperazine rings is 1. The SMILES string of the molecule is C[C@H](OC(=O)c1ccc(-c2nnco2)cc1)C(=O)N1CCN(c2ccccc2)CC1. The van der Waals surface area contributed by atoms with Crippen LogP contribution in [0.2, 0.25) is 0 Å². The fourth-order valence-corrected chi connectivity index (χ4v) is 3.41. The van der Waals surface area contributed by atoms with Gasteiger partial charge in [-0.25, -0.2) is 4.79 Å². The number of benzene rings is 2. The minimum Gasteiger partial charge on any atom is -0.449 e. The lowest BCUT2D eigenvalue weighted by Gasteiger charge is -2.37. The van der Waals surface area contributed by atoms with E-state index in [1.54, 1.807) is 36.1 Å². The molecule has 0 radical (unpaired) electrons. The summed E-state index contributed by atoms with van der Waals surface area (Å²) in [6, 6.07) is 16.7. The van der Waals surface area contributed by atoms with Crippen LogP contribution < -0.4 is 4.90 Å². The quantitative estimate of drug-likeness (QED) is 0.602. The van der Waals surface area contributed by atoms with Crippen LogP contribution in [-0.4, -0.2) is 59.3 Å². The molecule has 0 spiro atoms. The van der Waals surface area contributed by atoms with Crippen LogP contribution in [0.1, 0.15) is 17.3 Å².